The standard InChI is InChI=1S/C51H29N5O/c1-2-12-30(13-3-1)31-24-26-32(27-25-31)49-52-50(40-19-11-23-44-45(40)39-16-6-9-22-43(39)57-44)54-51(53-49)56-42-21-8-5-15-34(42)37-28-29-38-36-18-10-17-35-33-14-4-7-20-41(33)55(46(35)36)47(38)48(37)56/h1-29H. The van der Waals surface area contributed by atoms with Crippen molar-refractivity contribution in [2.45, 2.75) is 0 Å². The lowest BCUT2D eigenvalue weighted by Gasteiger charge is -2.12. The molecule has 6 heteroatoms. The molecule has 0 unspecified atom stereocenters. The van der Waals surface area contributed by atoms with Crippen LogP contribution >= 0.6 is 0 Å². The van der Waals surface area contributed by atoms with Crippen LogP contribution in [0, 0.1) is 0 Å². The third-order valence-electron chi connectivity index (χ3n) is 11.7. The van der Waals surface area contributed by atoms with E-state index in [9.17, 15) is 0 Å². The van der Waals surface area contributed by atoms with Crippen molar-refractivity contribution in [1.29, 1.82) is 0 Å². The van der Waals surface area contributed by atoms with Crippen molar-refractivity contribution in [2.24, 2.45) is 0 Å². The Morgan fingerprint density at radius 1 is 0.351 bits per heavy atom. The number of nitrogens with zero attached hydrogens (tertiary/aromatic N) is 5. The number of rotatable bonds is 4. The zero-order valence-corrected chi connectivity index (χ0v) is 30.4. The Kier molecular flexibility index (Phi) is 6.07. The molecule has 5 heterocycles. The van der Waals surface area contributed by atoms with Crippen molar-refractivity contribution >= 4 is 81.8 Å². The summed E-state index contributed by atoms with van der Waals surface area (Å²) in [6.07, 6.45) is 0. The lowest BCUT2D eigenvalue weighted by Crippen LogP contribution is -2.07. The molecule has 57 heavy (non-hydrogen) atoms. The summed E-state index contributed by atoms with van der Waals surface area (Å²) in [5, 5.41) is 9.19. The van der Waals surface area contributed by atoms with E-state index in [0.717, 1.165) is 71.5 Å². The fourth-order valence-corrected chi connectivity index (χ4v) is 9.28. The normalized spacial score (nSPS) is 12.2. The fraction of sp³-hybridized carbons (Fsp3) is 0. The number of furan rings is 1. The third-order valence-corrected chi connectivity index (χ3v) is 11.7. The number of benzene rings is 8. The lowest BCUT2D eigenvalue weighted by molar-refractivity contribution is 0.669. The third kappa shape index (κ3) is 4.21. The van der Waals surface area contributed by atoms with E-state index in [2.05, 4.69) is 148 Å². The van der Waals surface area contributed by atoms with Gasteiger partial charge in [0.15, 0.2) is 11.6 Å². The molecule has 0 fully saturated rings. The first-order chi connectivity index (χ1) is 28.3. The average Bonchev–Trinajstić information content (AvgIpc) is 4.02. The molecule has 0 aliphatic carbocycles. The highest BCUT2D eigenvalue weighted by Gasteiger charge is 2.25. The Bertz CT molecular complexity index is 3740. The lowest BCUT2D eigenvalue weighted by atomic mass is 10.0. The number of hydrogen-bond acceptors (Lipinski definition) is 4. The minimum atomic E-state index is 0.551. The van der Waals surface area contributed by atoms with Crippen molar-refractivity contribution in [3.05, 3.63) is 176 Å². The number of para-hydroxylation sites is 4. The van der Waals surface area contributed by atoms with Gasteiger partial charge in [0.25, 0.3) is 0 Å². The summed E-state index contributed by atoms with van der Waals surface area (Å²) >= 11 is 0. The zero-order chi connectivity index (χ0) is 37.2. The van der Waals surface area contributed by atoms with Crippen LogP contribution in [0.4, 0.5) is 0 Å². The van der Waals surface area contributed by atoms with Crippen LogP contribution in [0.1, 0.15) is 0 Å². The second-order valence-electron chi connectivity index (χ2n) is 14.8. The van der Waals surface area contributed by atoms with Gasteiger partial charge in [0.05, 0.1) is 27.6 Å². The molecule has 6 nitrogen and oxygen atoms in total. The topological polar surface area (TPSA) is 61.2 Å². The van der Waals surface area contributed by atoms with E-state index in [-0.39, 0.29) is 0 Å². The molecule has 0 aliphatic heterocycles. The Balaban J connectivity index is 1.16. The predicted molar refractivity (Wildman–Crippen MR) is 232 cm³/mol. The van der Waals surface area contributed by atoms with E-state index in [0.29, 0.717) is 17.6 Å². The van der Waals surface area contributed by atoms with Crippen LogP contribution in [0.2, 0.25) is 0 Å². The molecule has 5 aromatic heterocycles. The van der Waals surface area contributed by atoms with Crippen LogP contribution < -0.4 is 0 Å². The molecule has 0 radical (unpaired) electrons. The molecule has 0 aliphatic rings. The summed E-state index contributed by atoms with van der Waals surface area (Å²) in [4.78, 5) is 16.1. The van der Waals surface area contributed by atoms with Gasteiger partial charge in [0.2, 0.25) is 5.95 Å². The van der Waals surface area contributed by atoms with Gasteiger partial charge in [0.1, 0.15) is 11.2 Å². The molecule has 0 bridgehead atoms. The molecular formula is C51H29N5O. The maximum atomic E-state index is 6.36. The first-order valence-corrected chi connectivity index (χ1v) is 19.2. The molecule has 13 rings (SSSR count). The van der Waals surface area contributed by atoms with Crippen LogP contribution in [0.3, 0.4) is 0 Å². The van der Waals surface area contributed by atoms with Gasteiger partial charge in [0, 0.05) is 54.2 Å². The molecule has 8 aromatic carbocycles. The summed E-state index contributed by atoms with van der Waals surface area (Å²) in [5.41, 5.74) is 11.3. The molecule has 0 atom stereocenters. The van der Waals surface area contributed by atoms with E-state index in [1.807, 2.05) is 36.4 Å². The molecule has 0 saturated heterocycles. The molecular weight excluding hydrogens is 699 g/mol. The van der Waals surface area contributed by atoms with Gasteiger partial charge in [-0.05, 0) is 35.4 Å². The first-order valence-electron chi connectivity index (χ1n) is 19.2. The first kappa shape index (κ1) is 30.5. The van der Waals surface area contributed by atoms with Crippen molar-refractivity contribution in [3.8, 4) is 39.9 Å². The van der Waals surface area contributed by atoms with Crippen LogP contribution in [0.5, 0.6) is 0 Å². The minimum Gasteiger partial charge on any atom is -0.456 e. The Hall–Kier alpha value is -7.83. The van der Waals surface area contributed by atoms with Gasteiger partial charge in [-0.3, -0.25) is 4.57 Å². The highest BCUT2D eigenvalue weighted by Crippen LogP contribution is 2.44. The van der Waals surface area contributed by atoms with Crippen LogP contribution in [-0.2, 0) is 0 Å². The van der Waals surface area contributed by atoms with Gasteiger partial charge in [-0.15, -0.1) is 0 Å². The molecule has 0 saturated carbocycles. The summed E-state index contributed by atoms with van der Waals surface area (Å²) in [7, 11) is 0. The number of fused-ring (bicyclic) bond motifs is 13. The average molecular weight is 728 g/mol. The highest BCUT2D eigenvalue weighted by atomic mass is 16.3. The SMILES string of the molecule is c1ccc(-c2ccc(-c3nc(-c4cccc5oc6ccccc6c45)nc(-n4c5ccccc5c5ccc6c7cccc8c9ccccc9n(c87)c6c54)n3)cc2)cc1. The van der Waals surface area contributed by atoms with E-state index in [1.54, 1.807) is 0 Å². The number of hydrogen-bond donors (Lipinski definition) is 0. The van der Waals surface area contributed by atoms with Crippen molar-refractivity contribution in [3.63, 3.8) is 0 Å². The van der Waals surface area contributed by atoms with E-state index in [1.165, 1.54) is 32.6 Å². The molecule has 0 amide bonds. The second-order valence-corrected chi connectivity index (χ2v) is 14.8. The Labute approximate surface area is 324 Å². The van der Waals surface area contributed by atoms with Gasteiger partial charge in [-0.1, -0.05) is 152 Å². The zero-order valence-electron chi connectivity index (χ0n) is 30.4. The fourth-order valence-electron chi connectivity index (χ4n) is 9.28. The van der Waals surface area contributed by atoms with Gasteiger partial charge in [-0.25, -0.2) is 4.98 Å². The molecule has 0 N–H and O–H groups in total. The summed E-state index contributed by atoms with van der Waals surface area (Å²) in [5.74, 6) is 1.72. The van der Waals surface area contributed by atoms with Gasteiger partial charge >= 0.3 is 0 Å². The summed E-state index contributed by atoms with van der Waals surface area (Å²) in [6.45, 7) is 0. The van der Waals surface area contributed by atoms with Crippen molar-refractivity contribution < 1.29 is 4.42 Å². The Morgan fingerprint density at radius 3 is 1.74 bits per heavy atom. The summed E-state index contributed by atoms with van der Waals surface area (Å²) in [6, 6.07) is 61.8. The number of aromatic nitrogens is 5. The monoisotopic (exact) mass is 727 g/mol. The molecule has 264 valence electrons. The second kappa shape index (κ2) is 11.4. The van der Waals surface area contributed by atoms with Crippen molar-refractivity contribution in [2.75, 3.05) is 0 Å². The van der Waals surface area contributed by atoms with E-state index < -0.39 is 0 Å². The van der Waals surface area contributed by atoms with Crippen molar-refractivity contribution in [1.82, 2.24) is 23.9 Å². The summed E-state index contributed by atoms with van der Waals surface area (Å²) < 4.78 is 11.1. The van der Waals surface area contributed by atoms with Gasteiger partial charge < -0.3 is 8.82 Å². The smallest absolute Gasteiger partial charge is 0.238 e. The molecule has 0 spiro atoms. The Morgan fingerprint density at radius 2 is 0.912 bits per heavy atom. The molecule has 13 aromatic rings. The predicted octanol–water partition coefficient (Wildman–Crippen LogP) is 13.0. The van der Waals surface area contributed by atoms with E-state index >= 15 is 0 Å². The quantitative estimate of drug-likeness (QED) is 0.181. The maximum Gasteiger partial charge on any atom is 0.238 e. The maximum absolute atomic E-state index is 6.36. The van der Waals surface area contributed by atoms with E-state index in [4.69, 9.17) is 19.4 Å². The highest BCUT2D eigenvalue weighted by molar-refractivity contribution is 6.29. The largest absolute Gasteiger partial charge is 0.456 e. The van der Waals surface area contributed by atoms with Crippen LogP contribution in [0.25, 0.3) is 122 Å². The van der Waals surface area contributed by atoms with Crippen LogP contribution in [0.15, 0.2) is 180 Å². The van der Waals surface area contributed by atoms with Crippen LogP contribution in [-0.4, -0.2) is 23.9 Å². The van der Waals surface area contributed by atoms with Gasteiger partial charge in [-0.2, -0.15) is 9.97 Å². The minimum absolute atomic E-state index is 0.551.